The number of hydrogen-bond donors (Lipinski definition) is 3. The van der Waals surface area contributed by atoms with Crippen molar-refractivity contribution >= 4 is 11.8 Å². The fourth-order valence-corrected chi connectivity index (χ4v) is 3.18. The van der Waals surface area contributed by atoms with Gasteiger partial charge in [-0.15, -0.1) is 0 Å². The molecule has 9 nitrogen and oxygen atoms in total. The van der Waals surface area contributed by atoms with Crippen LogP contribution in [0.2, 0.25) is 0 Å². The van der Waals surface area contributed by atoms with E-state index in [4.69, 9.17) is 0 Å². The van der Waals surface area contributed by atoms with Gasteiger partial charge >= 0.3 is 0 Å². The molecule has 1 aromatic heterocycles. The number of carbonyl (C=O) groups excluding carboxylic acids is 2. The second-order valence-corrected chi connectivity index (χ2v) is 6.95. The molecule has 1 aliphatic heterocycles. The number of benzene rings is 1. The molecule has 3 rings (SSSR count). The lowest BCUT2D eigenvalue weighted by atomic mass is 10.2. The summed E-state index contributed by atoms with van der Waals surface area (Å²) in [4.78, 5) is 43.0. The van der Waals surface area contributed by atoms with Crippen LogP contribution in [-0.4, -0.2) is 51.5 Å². The molecule has 0 radical (unpaired) electrons. The molecule has 3 N–H and O–H groups in total. The molecule has 2 amide bonds. The highest BCUT2D eigenvalue weighted by atomic mass is 19.1. The molecule has 0 fully saturated rings. The maximum atomic E-state index is 13.0. The Morgan fingerprint density at radius 1 is 1.28 bits per heavy atom. The van der Waals surface area contributed by atoms with Gasteiger partial charge in [-0.2, -0.15) is 0 Å². The van der Waals surface area contributed by atoms with Gasteiger partial charge in [0.2, 0.25) is 11.7 Å². The van der Waals surface area contributed by atoms with E-state index < -0.39 is 34.8 Å². The van der Waals surface area contributed by atoms with Crippen molar-refractivity contribution in [2.45, 2.75) is 26.1 Å². The first-order valence-electron chi connectivity index (χ1n) is 9.08. The van der Waals surface area contributed by atoms with Crippen LogP contribution in [0, 0.1) is 5.82 Å². The van der Waals surface area contributed by atoms with Crippen molar-refractivity contribution in [1.82, 2.24) is 25.1 Å². The fraction of sp³-hybridized carbons (Fsp3) is 0.368. The summed E-state index contributed by atoms with van der Waals surface area (Å²) in [6.45, 7) is 2.59. The summed E-state index contributed by atoms with van der Waals surface area (Å²) in [5, 5.41) is 15.6. The van der Waals surface area contributed by atoms with E-state index in [0.717, 1.165) is 0 Å². The smallest absolute Gasteiger partial charge is 0.296 e. The zero-order valence-corrected chi connectivity index (χ0v) is 16.1. The quantitative estimate of drug-likeness (QED) is 0.669. The summed E-state index contributed by atoms with van der Waals surface area (Å²) in [6.07, 6.45) is 0. The molecule has 2 aromatic rings. The number of amides is 2. The Balaban J connectivity index is 1.92. The molecule has 0 saturated heterocycles. The summed E-state index contributed by atoms with van der Waals surface area (Å²) in [5.41, 5.74) is -0.515. The van der Waals surface area contributed by atoms with Crippen molar-refractivity contribution < 1.29 is 19.1 Å². The molecular weight excluding hydrogens is 381 g/mol. The number of aromatic nitrogens is 2. The van der Waals surface area contributed by atoms with E-state index in [2.05, 4.69) is 15.6 Å². The summed E-state index contributed by atoms with van der Waals surface area (Å²) in [5.74, 6) is -1.99. The Labute approximate surface area is 166 Å². The number of aromatic hydroxyl groups is 1. The number of rotatable bonds is 4. The van der Waals surface area contributed by atoms with Gasteiger partial charge in [-0.1, -0.05) is 12.1 Å². The largest absolute Gasteiger partial charge is 0.501 e. The Kier molecular flexibility index (Phi) is 5.92. The number of fused-ring (bicyclic) bond motifs is 1. The van der Waals surface area contributed by atoms with Gasteiger partial charge < -0.3 is 20.6 Å². The van der Waals surface area contributed by atoms with E-state index in [1.165, 1.54) is 35.8 Å². The SMILES string of the molecule is CC(=O)NC1CN(C)CCn2c1nc(C(=O)NCc1ccc(F)cc1)c(O)c2=O. The number of hydrogen-bond acceptors (Lipinski definition) is 6. The van der Waals surface area contributed by atoms with Gasteiger partial charge in [0, 0.05) is 33.1 Å². The van der Waals surface area contributed by atoms with E-state index in [9.17, 15) is 23.9 Å². The van der Waals surface area contributed by atoms with Crippen LogP contribution in [0.1, 0.15) is 34.8 Å². The van der Waals surface area contributed by atoms with E-state index in [1.54, 1.807) is 0 Å². The van der Waals surface area contributed by atoms with E-state index in [1.807, 2.05) is 11.9 Å². The molecule has 0 bridgehead atoms. The molecule has 2 heterocycles. The number of halogens is 1. The zero-order chi connectivity index (χ0) is 21.1. The standard InChI is InChI=1S/C19H22FN5O4/c1-11(26)22-14-10-24(2)7-8-25-17(14)23-15(16(27)19(25)29)18(28)21-9-12-3-5-13(20)6-4-12/h3-6,14,27H,7-10H2,1-2H3,(H,21,28)(H,22,26). The van der Waals surface area contributed by atoms with Crippen molar-refractivity contribution in [2.24, 2.45) is 0 Å². The van der Waals surface area contributed by atoms with Crippen LogP contribution in [0.3, 0.4) is 0 Å². The molecule has 1 aromatic carbocycles. The number of likely N-dealkylation sites (N-methyl/N-ethyl adjacent to an activating group) is 1. The van der Waals surface area contributed by atoms with E-state index in [-0.39, 0.29) is 24.8 Å². The maximum Gasteiger partial charge on any atom is 0.296 e. The van der Waals surface area contributed by atoms with Crippen molar-refractivity contribution in [3.63, 3.8) is 0 Å². The van der Waals surface area contributed by atoms with Gasteiger partial charge in [-0.3, -0.25) is 19.0 Å². The molecular formula is C19H22FN5O4. The number of nitrogens with one attached hydrogen (secondary N) is 2. The average Bonchev–Trinajstić information content (AvgIpc) is 2.82. The third-order valence-corrected chi connectivity index (χ3v) is 4.65. The summed E-state index contributed by atoms with van der Waals surface area (Å²) < 4.78 is 14.3. The van der Waals surface area contributed by atoms with Crippen molar-refractivity contribution in [2.75, 3.05) is 20.1 Å². The van der Waals surface area contributed by atoms with Crippen molar-refractivity contribution in [1.29, 1.82) is 0 Å². The predicted octanol–water partition coefficient (Wildman–Crippen LogP) is 0.141. The van der Waals surface area contributed by atoms with Crippen LogP contribution >= 0.6 is 0 Å². The highest BCUT2D eigenvalue weighted by molar-refractivity contribution is 5.94. The lowest BCUT2D eigenvalue weighted by molar-refractivity contribution is -0.119. The molecule has 1 atom stereocenters. The average molecular weight is 403 g/mol. The van der Waals surface area contributed by atoms with E-state index in [0.29, 0.717) is 18.7 Å². The third kappa shape index (κ3) is 4.60. The maximum absolute atomic E-state index is 13.0. The van der Waals surface area contributed by atoms with Crippen LogP contribution in [0.25, 0.3) is 0 Å². The minimum atomic E-state index is -0.753. The summed E-state index contributed by atoms with van der Waals surface area (Å²) >= 11 is 0. The van der Waals surface area contributed by atoms with Crippen LogP contribution in [0.15, 0.2) is 29.1 Å². The molecule has 10 heteroatoms. The lowest BCUT2D eigenvalue weighted by Gasteiger charge is -2.21. The van der Waals surface area contributed by atoms with E-state index >= 15 is 0 Å². The zero-order valence-electron chi connectivity index (χ0n) is 16.1. The minimum absolute atomic E-state index is 0.0660. The topological polar surface area (TPSA) is 117 Å². The van der Waals surface area contributed by atoms with Gasteiger partial charge in [0.05, 0.1) is 6.04 Å². The first-order valence-corrected chi connectivity index (χ1v) is 9.08. The number of carbonyl (C=O) groups is 2. The summed E-state index contributed by atoms with van der Waals surface area (Å²) in [6, 6.07) is 4.94. The molecule has 0 spiro atoms. The molecule has 0 aliphatic carbocycles. The van der Waals surface area contributed by atoms with Gasteiger partial charge in [0.15, 0.2) is 5.69 Å². The Morgan fingerprint density at radius 3 is 2.62 bits per heavy atom. The van der Waals surface area contributed by atoms with Gasteiger partial charge in [-0.25, -0.2) is 9.37 Å². The van der Waals surface area contributed by atoms with Crippen LogP contribution in [0.4, 0.5) is 4.39 Å². The van der Waals surface area contributed by atoms with Gasteiger partial charge in [0.1, 0.15) is 11.6 Å². The predicted molar refractivity (Wildman–Crippen MR) is 102 cm³/mol. The van der Waals surface area contributed by atoms with Crippen molar-refractivity contribution in [3.05, 3.63) is 57.5 Å². The Morgan fingerprint density at radius 2 is 1.97 bits per heavy atom. The second-order valence-electron chi connectivity index (χ2n) is 6.95. The Bertz CT molecular complexity index is 989. The molecule has 1 aliphatic rings. The van der Waals surface area contributed by atoms with Crippen LogP contribution in [0.5, 0.6) is 5.75 Å². The summed E-state index contributed by atoms with van der Waals surface area (Å²) in [7, 11) is 1.84. The molecule has 1 unspecified atom stereocenters. The van der Waals surface area contributed by atoms with Gasteiger partial charge in [0.25, 0.3) is 11.5 Å². The lowest BCUT2D eigenvalue weighted by Crippen LogP contribution is -2.37. The third-order valence-electron chi connectivity index (χ3n) is 4.65. The monoisotopic (exact) mass is 403 g/mol. The minimum Gasteiger partial charge on any atom is -0.501 e. The van der Waals surface area contributed by atoms with Crippen molar-refractivity contribution in [3.8, 4) is 5.75 Å². The normalized spacial score (nSPS) is 16.6. The highest BCUT2D eigenvalue weighted by Gasteiger charge is 2.29. The first kappa shape index (κ1) is 20.5. The first-order chi connectivity index (χ1) is 13.8. The van der Waals surface area contributed by atoms with Gasteiger partial charge in [-0.05, 0) is 24.7 Å². The molecule has 29 heavy (non-hydrogen) atoms. The second kappa shape index (κ2) is 8.39. The van der Waals surface area contributed by atoms with Crippen LogP contribution < -0.4 is 16.2 Å². The Hall–Kier alpha value is -3.27. The highest BCUT2D eigenvalue weighted by Crippen LogP contribution is 2.19. The fourth-order valence-electron chi connectivity index (χ4n) is 3.18. The van der Waals surface area contributed by atoms with Crippen LogP contribution in [-0.2, 0) is 17.9 Å². The molecule has 154 valence electrons. The molecule has 0 saturated carbocycles. The number of nitrogens with zero attached hydrogens (tertiary/aromatic N) is 3.